The predicted octanol–water partition coefficient (Wildman–Crippen LogP) is 4.26. The minimum atomic E-state index is 0.0404. The molecule has 29 heavy (non-hydrogen) atoms. The van der Waals surface area contributed by atoms with Crippen molar-refractivity contribution in [3.05, 3.63) is 51.7 Å². The van der Waals surface area contributed by atoms with Crippen LogP contribution in [-0.2, 0) is 16.7 Å². The monoisotopic (exact) mass is 415 g/mol. The molecule has 2 aromatic rings. The van der Waals surface area contributed by atoms with Crippen LogP contribution in [0, 0.1) is 6.92 Å². The van der Waals surface area contributed by atoms with Gasteiger partial charge in [0.25, 0.3) is 0 Å². The van der Waals surface area contributed by atoms with Gasteiger partial charge in [0.15, 0.2) is 5.96 Å². The lowest BCUT2D eigenvalue weighted by atomic mass is 9.74. The van der Waals surface area contributed by atoms with Crippen LogP contribution in [0.1, 0.15) is 42.0 Å². The highest BCUT2D eigenvalue weighted by Gasteiger charge is 2.34. The third-order valence-corrected chi connectivity index (χ3v) is 6.34. The van der Waals surface area contributed by atoms with E-state index in [9.17, 15) is 0 Å². The van der Waals surface area contributed by atoms with Gasteiger partial charge in [-0.25, -0.2) is 4.99 Å². The summed E-state index contributed by atoms with van der Waals surface area (Å²) in [4.78, 5) is 7.41. The van der Waals surface area contributed by atoms with Crippen LogP contribution < -0.4 is 15.4 Å². The average molecular weight is 416 g/mol. The second kappa shape index (κ2) is 10.6. The van der Waals surface area contributed by atoms with Crippen LogP contribution >= 0.6 is 11.3 Å². The third kappa shape index (κ3) is 5.97. The van der Waals surface area contributed by atoms with Gasteiger partial charge in [-0.05, 0) is 63.4 Å². The van der Waals surface area contributed by atoms with Crippen molar-refractivity contribution in [2.45, 2.75) is 45.6 Å². The fourth-order valence-corrected chi connectivity index (χ4v) is 4.54. The zero-order valence-electron chi connectivity index (χ0n) is 17.8. The average Bonchev–Trinajstić information content (AvgIpc) is 3.17. The minimum absolute atomic E-state index is 0.0404. The van der Waals surface area contributed by atoms with E-state index in [-0.39, 0.29) is 5.41 Å². The van der Waals surface area contributed by atoms with E-state index in [2.05, 4.69) is 60.9 Å². The first kappa shape index (κ1) is 21.7. The van der Waals surface area contributed by atoms with Gasteiger partial charge in [0.2, 0.25) is 0 Å². The first-order valence-corrected chi connectivity index (χ1v) is 11.4. The number of aryl methyl sites for hydroxylation is 1. The maximum absolute atomic E-state index is 5.67. The van der Waals surface area contributed by atoms with Gasteiger partial charge in [-0.15, -0.1) is 11.3 Å². The van der Waals surface area contributed by atoms with Crippen LogP contribution in [0.4, 0.5) is 0 Å². The summed E-state index contributed by atoms with van der Waals surface area (Å²) in [7, 11) is 0. The highest BCUT2D eigenvalue weighted by molar-refractivity contribution is 7.11. The molecule has 1 aliphatic heterocycles. The predicted molar refractivity (Wildman–Crippen MR) is 121 cm³/mol. The van der Waals surface area contributed by atoms with Crippen molar-refractivity contribution in [2.24, 2.45) is 4.99 Å². The number of aliphatic imine (C=N–C) groups is 1. The summed E-state index contributed by atoms with van der Waals surface area (Å²) < 4.78 is 11.3. The maximum atomic E-state index is 5.67. The first-order valence-electron chi connectivity index (χ1n) is 10.5. The van der Waals surface area contributed by atoms with Gasteiger partial charge in [0, 0.05) is 41.5 Å². The van der Waals surface area contributed by atoms with Crippen LogP contribution in [0.2, 0.25) is 0 Å². The quantitative estimate of drug-likeness (QED) is 0.500. The minimum Gasteiger partial charge on any atom is -0.494 e. The third-order valence-electron chi connectivity index (χ3n) is 5.36. The smallest absolute Gasteiger partial charge is 0.191 e. The molecule has 0 spiro atoms. The Kier molecular flexibility index (Phi) is 7.95. The molecule has 5 nitrogen and oxygen atoms in total. The van der Waals surface area contributed by atoms with Gasteiger partial charge < -0.3 is 20.1 Å². The summed E-state index contributed by atoms with van der Waals surface area (Å²) in [5, 5.41) is 6.99. The fourth-order valence-electron chi connectivity index (χ4n) is 3.72. The Hall–Kier alpha value is -2.05. The number of rotatable bonds is 8. The lowest BCUT2D eigenvalue weighted by Gasteiger charge is -2.38. The molecule has 1 fully saturated rings. The Morgan fingerprint density at radius 3 is 2.48 bits per heavy atom. The summed E-state index contributed by atoms with van der Waals surface area (Å²) in [6, 6.07) is 12.9. The second-order valence-electron chi connectivity index (χ2n) is 7.41. The van der Waals surface area contributed by atoms with E-state index in [1.807, 2.05) is 6.92 Å². The molecule has 0 aliphatic carbocycles. The largest absolute Gasteiger partial charge is 0.494 e. The number of ether oxygens (including phenoxy) is 2. The van der Waals surface area contributed by atoms with Gasteiger partial charge >= 0.3 is 0 Å². The number of nitrogens with zero attached hydrogens (tertiary/aromatic N) is 1. The zero-order valence-corrected chi connectivity index (χ0v) is 18.6. The van der Waals surface area contributed by atoms with E-state index in [1.165, 1.54) is 15.3 Å². The van der Waals surface area contributed by atoms with E-state index < -0.39 is 0 Å². The number of benzene rings is 1. The van der Waals surface area contributed by atoms with Gasteiger partial charge in [0.05, 0.1) is 13.2 Å². The molecular formula is C23H33N3O2S. The van der Waals surface area contributed by atoms with Crippen molar-refractivity contribution >= 4 is 17.3 Å². The number of hydrogen-bond donors (Lipinski definition) is 2. The summed E-state index contributed by atoms with van der Waals surface area (Å²) in [6.45, 7) is 10.9. The molecule has 2 heterocycles. The van der Waals surface area contributed by atoms with Crippen LogP contribution in [0.3, 0.4) is 0 Å². The lowest BCUT2D eigenvalue weighted by molar-refractivity contribution is 0.0513. The number of nitrogens with one attached hydrogen (secondary N) is 2. The molecular weight excluding hydrogens is 382 g/mol. The van der Waals surface area contributed by atoms with Crippen LogP contribution in [0.5, 0.6) is 5.75 Å². The molecule has 0 radical (unpaired) electrons. The van der Waals surface area contributed by atoms with E-state index >= 15 is 0 Å². The molecule has 0 saturated carbocycles. The summed E-state index contributed by atoms with van der Waals surface area (Å²) in [6.07, 6.45) is 2.00. The molecule has 1 aliphatic rings. The Morgan fingerprint density at radius 1 is 1.10 bits per heavy atom. The van der Waals surface area contributed by atoms with Crippen molar-refractivity contribution in [2.75, 3.05) is 32.9 Å². The van der Waals surface area contributed by atoms with Gasteiger partial charge in [-0.3, -0.25) is 0 Å². The zero-order chi connectivity index (χ0) is 20.5. The molecule has 1 aromatic carbocycles. The molecule has 2 N–H and O–H groups in total. The standard InChI is InChI=1S/C23H33N3O2S/c1-4-24-22(25-16-21-11-6-18(3)29-21)26-17-23(12-14-27-15-13-23)19-7-9-20(10-8-19)28-5-2/h6-11H,4-5,12-17H2,1-3H3,(H2,24,25,26). The SMILES string of the molecule is CCNC(=NCc1ccc(C)s1)NCC1(c2ccc(OCC)cc2)CCOCC1. The summed E-state index contributed by atoms with van der Waals surface area (Å²) >= 11 is 1.80. The topological polar surface area (TPSA) is 54.9 Å². The first-order chi connectivity index (χ1) is 14.1. The highest BCUT2D eigenvalue weighted by atomic mass is 32.1. The maximum Gasteiger partial charge on any atom is 0.191 e. The number of hydrogen-bond acceptors (Lipinski definition) is 4. The Balaban J connectivity index is 1.72. The van der Waals surface area contributed by atoms with Crippen molar-refractivity contribution < 1.29 is 9.47 Å². The lowest BCUT2D eigenvalue weighted by Crippen LogP contribution is -2.48. The van der Waals surface area contributed by atoms with E-state index in [0.717, 1.165) is 50.9 Å². The molecule has 0 amide bonds. The molecule has 0 atom stereocenters. The van der Waals surface area contributed by atoms with Crippen molar-refractivity contribution in [3.63, 3.8) is 0 Å². The van der Waals surface area contributed by atoms with Gasteiger partial charge in [0.1, 0.15) is 5.75 Å². The fraction of sp³-hybridized carbons (Fsp3) is 0.522. The van der Waals surface area contributed by atoms with Gasteiger partial charge in [-0.2, -0.15) is 0 Å². The Morgan fingerprint density at radius 2 is 1.86 bits per heavy atom. The molecule has 3 rings (SSSR count). The van der Waals surface area contributed by atoms with Gasteiger partial charge in [-0.1, -0.05) is 12.1 Å². The van der Waals surface area contributed by atoms with E-state index in [0.29, 0.717) is 13.2 Å². The molecule has 0 unspecified atom stereocenters. The molecule has 158 valence electrons. The van der Waals surface area contributed by atoms with E-state index in [4.69, 9.17) is 14.5 Å². The molecule has 0 bridgehead atoms. The van der Waals surface area contributed by atoms with Crippen molar-refractivity contribution in [1.82, 2.24) is 10.6 Å². The number of thiophene rings is 1. The Bertz CT molecular complexity index is 780. The summed E-state index contributed by atoms with van der Waals surface area (Å²) in [5.41, 5.74) is 1.38. The van der Waals surface area contributed by atoms with Crippen molar-refractivity contribution in [1.29, 1.82) is 0 Å². The highest BCUT2D eigenvalue weighted by Crippen LogP contribution is 2.35. The van der Waals surface area contributed by atoms with Crippen LogP contribution in [-0.4, -0.2) is 38.9 Å². The molecule has 6 heteroatoms. The van der Waals surface area contributed by atoms with Crippen molar-refractivity contribution in [3.8, 4) is 5.75 Å². The van der Waals surface area contributed by atoms with Crippen LogP contribution in [0.25, 0.3) is 0 Å². The second-order valence-corrected chi connectivity index (χ2v) is 8.78. The molecule has 1 aromatic heterocycles. The number of guanidine groups is 1. The molecule has 1 saturated heterocycles. The van der Waals surface area contributed by atoms with E-state index in [1.54, 1.807) is 11.3 Å². The van der Waals surface area contributed by atoms with Crippen LogP contribution in [0.15, 0.2) is 41.4 Å². The normalized spacial score (nSPS) is 16.4. The Labute approximate surface area is 178 Å². The summed E-state index contributed by atoms with van der Waals surface area (Å²) in [5.74, 6) is 1.79.